The van der Waals surface area contributed by atoms with E-state index in [9.17, 15) is 0 Å². The van der Waals surface area contributed by atoms with Crippen LogP contribution in [0.2, 0.25) is 0 Å². The van der Waals surface area contributed by atoms with Gasteiger partial charge in [-0.3, -0.25) is 0 Å². The topological polar surface area (TPSA) is 0 Å². The van der Waals surface area contributed by atoms with E-state index in [1.165, 1.54) is 33.4 Å². The summed E-state index contributed by atoms with van der Waals surface area (Å²) < 4.78 is 0. The smallest absolute Gasteiger partial charge is 0.0362 e. The van der Waals surface area contributed by atoms with Crippen LogP contribution in [0.1, 0.15) is 56.3 Å². The van der Waals surface area contributed by atoms with Gasteiger partial charge < -0.3 is 0 Å². The van der Waals surface area contributed by atoms with Crippen LogP contribution in [0, 0.1) is 24.7 Å². The van der Waals surface area contributed by atoms with Crippen molar-refractivity contribution >= 4 is 0 Å². The summed E-state index contributed by atoms with van der Waals surface area (Å²) in [6.45, 7) is 0. The van der Waals surface area contributed by atoms with E-state index in [-0.39, 0.29) is 11.8 Å². The molecule has 0 fully saturated rings. The van der Waals surface area contributed by atoms with Gasteiger partial charge in [0.25, 0.3) is 0 Å². The van der Waals surface area contributed by atoms with Crippen molar-refractivity contribution in [1.29, 1.82) is 0 Å². The van der Waals surface area contributed by atoms with E-state index in [0.29, 0.717) is 0 Å². The van der Waals surface area contributed by atoms with E-state index in [1.54, 1.807) is 0 Å². The average molecular weight is 302 g/mol. The molecule has 0 spiro atoms. The van der Waals surface area contributed by atoms with E-state index in [0.717, 1.165) is 11.1 Å². The molecule has 3 aromatic carbocycles. The fourth-order valence-corrected chi connectivity index (χ4v) is 4.54. The summed E-state index contributed by atoms with van der Waals surface area (Å²) in [5.74, 6) is 6.12. The normalized spacial score (nSPS) is 18.8. The van der Waals surface area contributed by atoms with Crippen molar-refractivity contribution in [2.24, 2.45) is 0 Å². The molecule has 0 heteroatoms. The minimum atomic E-state index is 0.178. The molecule has 24 heavy (non-hydrogen) atoms. The molecule has 3 aliphatic rings. The first kappa shape index (κ1) is 13.2. The van der Waals surface area contributed by atoms with Crippen LogP contribution in [0.3, 0.4) is 0 Å². The molecule has 0 N–H and O–H groups in total. The van der Waals surface area contributed by atoms with Crippen LogP contribution in [0.5, 0.6) is 0 Å². The van der Waals surface area contributed by atoms with Gasteiger partial charge in [0.1, 0.15) is 0 Å². The van der Waals surface area contributed by atoms with Gasteiger partial charge >= 0.3 is 0 Å². The van der Waals surface area contributed by atoms with E-state index in [2.05, 4.69) is 60.4 Å². The summed E-state index contributed by atoms with van der Waals surface area (Å²) >= 11 is 0. The van der Waals surface area contributed by atoms with Gasteiger partial charge in [-0.15, -0.1) is 12.8 Å². The van der Waals surface area contributed by atoms with Crippen molar-refractivity contribution in [2.45, 2.75) is 11.8 Å². The molecule has 0 aromatic heterocycles. The Morgan fingerprint density at radius 3 is 1.17 bits per heavy atom. The average Bonchev–Trinajstić information content (AvgIpc) is 2.66. The summed E-state index contributed by atoms with van der Waals surface area (Å²) in [4.78, 5) is 0. The highest BCUT2D eigenvalue weighted by atomic mass is 14.4. The number of hydrogen-bond donors (Lipinski definition) is 0. The third kappa shape index (κ3) is 1.46. The zero-order valence-electron chi connectivity index (χ0n) is 13.1. The first-order valence-electron chi connectivity index (χ1n) is 8.12. The molecule has 6 rings (SSSR count). The predicted octanol–water partition coefficient (Wildman–Crippen LogP) is 4.64. The molecule has 0 aliphatic heterocycles. The highest BCUT2D eigenvalue weighted by Crippen LogP contribution is 2.57. The molecule has 2 bridgehead atoms. The predicted molar refractivity (Wildman–Crippen MR) is 97.1 cm³/mol. The zero-order chi connectivity index (χ0) is 16.3. The molecular formula is C24H14. The highest BCUT2D eigenvalue weighted by molar-refractivity contribution is 5.73. The number of rotatable bonds is 0. The third-order valence-corrected chi connectivity index (χ3v) is 5.41. The Balaban J connectivity index is 1.98. The van der Waals surface area contributed by atoms with Crippen molar-refractivity contribution in [3.8, 4) is 24.7 Å². The lowest BCUT2D eigenvalue weighted by molar-refractivity contribution is 0.750. The van der Waals surface area contributed by atoms with Crippen molar-refractivity contribution in [3.05, 3.63) is 105 Å². The summed E-state index contributed by atoms with van der Waals surface area (Å²) in [6.07, 6.45) is 11.7. The monoisotopic (exact) mass is 302 g/mol. The molecule has 0 atom stereocenters. The molecule has 3 aromatic rings. The Hall–Kier alpha value is -3.22. The quantitative estimate of drug-likeness (QED) is 0.366. The van der Waals surface area contributed by atoms with Crippen LogP contribution in [-0.4, -0.2) is 0 Å². The Kier molecular flexibility index (Phi) is 2.56. The fourth-order valence-electron chi connectivity index (χ4n) is 4.54. The number of benzene rings is 3. The van der Waals surface area contributed by atoms with Crippen LogP contribution in [0.25, 0.3) is 0 Å². The highest BCUT2D eigenvalue weighted by Gasteiger charge is 2.43. The lowest BCUT2D eigenvalue weighted by Gasteiger charge is -2.43. The van der Waals surface area contributed by atoms with Gasteiger partial charge in [0.15, 0.2) is 0 Å². The molecule has 0 radical (unpaired) electrons. The molecule has 0 saturated carbocycles. The largest absolute Gasteiger partial charge is 0.115 e. The van der Waals surface area contributed by atoms with E-state index in [4.69, 9.17) is 12.8 Å². The van der Waals surface area contributed by atoms with E-state index >= 15 is 0 Å². The molecule has 3 aliphatic carbocycles. The van der Waals surface area contributed by atoms with Gasteiger partial charge in [-0.2, -0.15) is 0 Å². The maximum absolute atomic E-state index is 5.84. The maximum Gasteiger partial charge on any atom is 0.0362 e. The standard InChI is InChI=1S/C24H14/c1-3-15-13-14-16(4-2)22-21(15)23-17-9-5-7-11-19(17)24(22)20-12-8-6-10-18(20)23/h1-2,5-14,23-24H. The second kappa shape index (κ2) is 4.64. The summed E-state index contributed by atoms with van der Waals surface area (Å²) in [6, 6.07) is 21.4. The number of hydrogen-bond acceptors (Lipinski definition) is 0. The minimum Gasteiger partial charge on any atom is -0.115 e. The molecule has 0 unspecified atom stereocenters. The Morgan fingerprint density at radius 2 is 0.875 bits per heavy atom. The van der Waals surface area contributed by atoms with Crippen LogP contribution >= 0.6 is 0 Å². The molecule has 0 nitrogen and oxygen atoms in total. The van der Waals surface area contributed by atoms with Crippen LogP contribution < -0.4 is 0 Å². The van der Waals surface area contributed by atoms with Crippen LogP contribution in [-0.2, 0) is 0 Å². The van der Waals surface area contributed by atoms with Crippen molar-refractivity contribution < 1.29 is 0 Å². The Morgan fingerprint density at radius 1 is 0.542 bits per heavy atom. The second-order valence-electron chi connectivity index (χ2n) is 6.40. The van der Waals surface area contributed by atoms with Crippen molar-refractivity contribution in [2.75, 3.05) is 0 Å². The third-order valence-electron chi connectivity index (χ3n) is 5.41. The minimum absolute atomic E-state index is 0.178. The van der Waals surface area contributed by atoms with Gasteiger partial charge in [0.2, 0.25) is 0 Å². The van der Waals surface area contributed by atoms with Crippen molar-refractivity contribution in [3.63, 3.8) is 0 Å². The van der Waals surface area contributed by atoms with Gasteiger partial charge in [0, 0.05) is 23.0 Å². The molecule has 0 heterocycles. The van der Waals surface area contributed by atoms with Gasteiger partial charge in [-0.25, -0.2) is 0 Å². The lowest BCUT2D eigenvalue weighted by Crippen LogP contribution is -2.29. The van der Waals surface area contributed by atoms with Gasteiger partial charge in [-0.05, 0) is 45.5 Å². The fraction of sp³-hybridized carbons (Fsp3) is 0.0833. The number of terminal acetylenes is 2. The first-order valence-corrected chi connectivity index (χ1v) is 8.12. The zero-order valence-corrected chi connectivity index (χ0v) is 13.1. The molecule has 0 saturated heterocycles. The van der Waals surface area contributed by atoms with Gasteiger partial charge in [0.05, 0.1) is 0 Å². The molecule has 0 amide bonds. The van der Waals surface area contributed by atoms with Gasteiger partial charge in [-0.1, -0.05) is 60.4 Å². The van der Waals surface area contributed by atoms with Crippen LogP contribution in [0.15, 0.2) is 60.7 Å². The lowest BCUT2D eigenvalue weighted by atomic mass is 9.59. The van der Waals surface area contributed by atoms with E-state index in [1.807, 2.05) is 12.1 Å². The second-order valence-corrected chi connectivity index (χ2v) is 6.40. The summed E-state index contributed by atoms with van der Waals surface area (Å²) in [5, 5.41) is 0. The molecular weight excluding hydrogens is 288 g/mol. The Bertz CT molecular complexity index is 951. The van der Waals surface area contributed by atoms with Crippen LogP contribution in [0.4, 0.5) is 0 Å². The SMILES string of the molecule is C#Cc1ccc(C#C)c2c1C1c3ccccc3C2c2ccccc21. The summed E-state index contributed by atoms with van der Waals surface area (Å²) in [7, 11) is 0. The van der Waals surface area contributed by atoms with Crippen molar-refractivity contribution in [1.82, 2.24) is 0 Å². The summed E-state index contributed by atoms with van der Waals surface area (Å²) in [5.41, 5.74) is 9.83. The first-order chi connectivity index (χ1) is 11.8. The Labute approximate surface area is 142 Å². The van der Waals surface area contributed by atoms with E-state index < -0.39 is 0 Å². The molecule has 110 valence electrons. The maximum atomic E-state index is 5.84.